The summed E-state index contributed by atoms with van der Waals surface area (Å²) in [5, 5.41) is 12.6. The van der Waals surface area contributed by atoms with Gasteiger partial charge in [-0.15, -0.1) is 0 Å². The fraction of sp³-hybridized carbons (Fsp3) is 0.300. The van der Waals surface area contributed by atoms with Gasteiger partial charge in [0.25, 0.3) is 0 Å². The highest BCUT2D eigenvalue weighted by Crippen LogP contribution is 2.55. The number of pyridine rings is 2. The highest BCUT2D eigenvalue weighted by molar-refractivity contribution is 5.99. The van der Waals surface area contributed by atoms with E-state index in [1.807, 2.05) is 11.6 Å². The fourth-order valence-corrected chi connectivity index (χ4v) is 4.44. The summed E-state index contributed by atoms with van der Waals surface area (Å²) in [5.41, 5.74) is 4.82. The van der Waals surface area contributed by atoms with E-state index in [-0.39, 0.29) is 5.82 Å². The maximum absolute atomic E-state index is 15.5. The third kappa shape index (κ3) is 2.00. The number of aromatic nitrogens is 6. The minimum absolute atomic E-state index is 0.298. The van der Waals surface area contributed by atoms with Crippen molar-refractivity contribution in [2.24, 2.45) is 5.92 Å². The first kappa shape index (κ1) is 15.9. The number of rotatable bonds is 2. The van der Waals surface area contributed by atoms with Crippen molar-refractivity contribution < 1.29 is 8.78 Å². The molecule has 0 spiro atoms. The normalized spacial score (nSPS) is 19.9. The Morgan fingerprint density at radius 2 is 2.00 bits per heavy atom. The van der Waals surface area contributed by atoms with Gasteiger partial charge < -0.3 is 0 Å². The molecule has 1 aliphatic heterocycles. The molecule has 0 aromatic carbocycles. The van der Waals surface area contributed by atoms with E-state index in [1.54, 1.807) is 13.0 Å². The van der Waals surface area contributed by atoms with Crippen LogP contribution in [0.15, 0.2) is 18.3 Å². The van der Waals surface area contributed by atoms with Gasteiger partial charge in [-0.1, -0.05) is 0 Å². The van der Waals surface area contributed by atoms with E-state index in [2.05, 4.69) is 20.2 Å². The first-order chi connectivity index (χ1) is 13.5. The van der Waals surface area contributed by atoms with Crippen LogP contribution in [0.2, 0.25) is 0 Å². The molecule has 0 saturated heterocycles. The van der Waals surface area contributed by atoms with Crippen LogP contribution < -0.4 is 0 Å². The molecular weight excluding hydrogens is 362 g/mol. The number of nitrogens with zero attached hydrogens (tertiary/aromatic N) is 5. The zero-order valence-corrected chi connectivity index (χ0v) is 15.3. The minimum atomic E-state index is -0.418. The van der Waals surface area contributed by atoms with E-state index >= 15 is 4.39 Å². The maximum Gasteiger partial charge on any atom is 0.156 e. The maximum atomic E-state index is 15.5. The fourth-order valence-electron chi connectivity index (χ4n) is 4.44. The summed E-state index contributed by atoms with van der Waals surface area (Å²) in [6.07, 6.45) is 3.12. The topological polar surface area (TPSA) is 72.3 Å². The van der Waals surface area contributed by atoms with Crippen LogP contribution in [0.25, 0.3) is 33.5 Å². The van der Waals surface area contributed by atoms with Gasteiger partial charge in [0, 0.05) is 16.8 Å². The van der Waals surface area contributed by atoms with Crippen molar-refractivity contribution in [3.63, 3.8) is 0 Å². The van der Waals surface area contributed by atoms with Gasteiger partial charge in [-0.25, -0.2) is 13.8 Å². The largest absolute Gasteiger partial charge is 0.265 e. The predicted octanol–water partition coefficient (Wildman–Crippen LogP) is 3.90. The average Bonchev–Trinajstić information content (AvgIpc) is 3.01. The molecule has 0 amide bonds. The molecule has 4 aromatic rings. The number of nitrogens with one attached hydrogen (secondary N) is 1. The summed E-state index contributed by atoms with van der Waals surface area (Å²) in [5.74, 6) is -0.224. The third-order valence-corrected chi connectivity index (χ3v) is 5.88. The summed E-state index contributed by atoms with van der Waals surface area (Å²) < 4.78 is 30.9. The van der Waals surface area contributed by atoms with Crippen LogP contribution in [0.4, 0.5) is 8.78 Å². The molecule has 140 valence electrons. The first-order valence-corrected chi connectivity index (χ1v) is 9.27. The number of hydrogen-bond donors (Lipinski definition) is 1. The van der Waals surface area contributed by atoms with E-state index < -0.39 is 5.82 Å². The molecule has 8 heteroatoms. The van der Waals surface area contributed by atoms with Crippen LogP contribution in [0, 0.1) is 31.4 Å². The average molecular weight is 378 g/mol. The van der Waals surface area contributed by atoms with Crippen LogP contribution >= 0.6 is 0 Å². The van der Waals surface area contributed by atoms with Crippen LogP contribution in [-0.4, -0.2) is 29.9 Å². The standard InChI is InChI=1S/C20H16F2N6/c1-8-15-17(18(22)9(2)24-20(15)26-25-8)16-14-6-10-5-13(10)28(14)27-19(16)12-4-3-11(21)7-23-12/h3-4,7,10,13H,5-6H2,1-2H3,(H,24,25,26)/t10-,13-/m0/s1. The van der Waals surface area contributed by atoms with Gasteiger partial charge in [-0.2, -0.15) is 10.2 Å². The smallest absolute Gasteiger partial charge is 0.156 e. The number of fused-ring (bicyclic) bond motifs is 4. The lowest BCUT2D eigenvalue weighted by Gasteiger charge is -2.11. The highest BCUT2D eigenvalue weighted by Gasteiger charge is 2.48. The summed E-state index contributed by atoms with van der Waals surface area (Å²) in [4.78, 5) is 8.53. The van der Waals surface area contributed by atoms with Gasteiger partial charge in [-0.05, 0) is 44.7 Å². The Morgan fingerprint density at radius 1 is 1.14 bits per heavy atom. The highest BCUT2D eigenvalue weighted by atomic mass is 19.1. The van der Waals surface area contributed by atoms with Crippen molar-refractivity contribution in [3.8, 4) is 22.5 Å². The second kappa shape index (κ2) is 5.21. The second-order valence-electron chi connectivity index (χ2n) is 7.66. The lowest BCUT2D eigenvalue weighted by Crippen LogP contribution is -1.99. The summed E-state index contributed by atoms with van der Waals surface area (Å²) in [6, 6.07) is 3.31. The van der Waals surface area contributed by atoms with Gasteiger partial charge >= 0.3 is 0 Å². The number of H-pyrrole nitrogens is 1. The van der Waals surface area contributed by atoms with Gasteiger partial charge in [0.2, 0.25) is 0 Å². The van der Waals surface area contributed by atoms with Crippen LogP contribution in [0.1, 0.15) is 29.5 Å². The summed E-state index contributed by atoms with van der Waals surface area (Å²) >= 11 is 0. The number of hydrogen-bond acceptors (Lipinski definition) is 4. The molecule has 0 bridgehead atoms. The molecule has 28 heavy (non-hydrogen) atoms. The zero-order chi connectivity index (χ0) is 19.2. The Labute approximate surface area is 158 Å². The summed E-state index contributed by atoms with van der Waals surface area (Å²) in [7, 11) is 0. The molecule has 1 N–H and O–H groups in total. The Kier molecular flexibility index (Phi) is 2.95. The van der Waals surface area contributed by atoms with E-state index in [1.165, 1.54) is 6.07 Å². The lowest BCUT2D eigenvalue weighted by atomic mass is 9.95. The van der Waals surface area contributed by atoms with Crippen molar-refractivity contribution in [2.45, 2.75) is 32.7 Å². The summed E-state index contributed by atoms with van der Waals surface area (Å²) in [6.45, 7) is 3.47. The first-order valence-electron chi connectivity index (χ1n) is 9.27. The quantitative estimate of drug-likeness (QED) is 0.574. The monoisotopic (exact) mass is 378 g/mol. The van der Waals surface area contributed by atoms with Gasteiger partial charge in [0.05, 0.1) is 34.7 Å². The molecule has 1 fully saturated rings. The molecule has 1 saturated carbocycles. The molecule has 6 rings (SSSR count). The van der Waals surface area contributed by atoms with E-state index in [0.717, 1.165) is 30.3 Å². The molecule has 1 aliphatic carbocycles. The Bertz CT molecular complexity index is 1270. The van der Waals surface area contributed by atoms with Crippen LogP contribution in [0.3, 0.4) is 0 Å². The minimum Gasteiger partial charge on any atom is -0.265 e. The Hall–Kier alpha value is -3.16. The molecular formula is C20H16F2N6. The molecule has 2 atom stereocenters. The number of halogens is 2. The Morgan fingerprint density at radius 3 is 2.79 bits per heavy atom. The van der Waals surface area contributed by atoms with Crippen molar-refractivity contribution in [1.29, 1.82) is 0 Å². The lowest BCUT2D eigenvalue weighted by molar-refractivity contribution is 0.615. The number of aromatic amines is 1. The third-order valence-electron chi connectivity index (χ3n) is 5.88. The predicted molar refractivity (Wildman–Crippen MR) is 98.6 cm³/mol. The molecule has 4 aromatic heterocycles. The van der Waals surface area contributed by atoms with Crippen molar-refractivity contribution in [1.82, 2.24) is 29.9 Å². The van der Waals surface area contributed by atoms with Gasteiger partial charge in [0.1, 0.15) is 11.5 Å². The van der Waals surface area contributed by atoms with Crippen molar-refractivity contribution in [3.05, 3.63) is 47.0 Å². The van der Waals surface area contributed by atoms with Gasteiger partial charge in [0.15, 0.2) is 11.5 Å². The van der Waals surface area contributed by atoms with E-state index in [9.17, 15) is 4.39 Å². The SMILES string of the molecule is Cc1nc2[nH]nc(C)c2c(-c2c(-c3ccc(F)cn3)nn3c2C[C@@H]2C[C@@H]23)c1F. The molecule has 0 unspecified atom stereocenters. The number of aryl methyl sites for hydroxylation is 2. The van der Waals surface area contributed by atoms with Crippen molar-refractivity contribution >= 4 is 11.0 Å². The van der Waals surface area contributed by atoms with Crippen molar-refractivity contribution in [2.75, 3.05) is 0 Å². The van der Waals surface area contributed by atoms with Gasteiger partial charge in [-0.3, -0.25) is 14.8 Å². The molecule has 2 aliphatic rings. The molecule has 0 radical (unpaired) electrons. The molecule has 5 heterocycles. The van der Waals surface area contributed by atoms with Crippen LogP contribution in [0.5, 0.6) is 0 Å². The second-order valence-corrected chi connectivity index (χ2v) is 7.66. The van der Waals surface area contributed by atoms with E-state index in [0.29, 0.717) is 51.3 Å². The molecule has 6 nitrogen and oxygen atoms in total. The zero-order valence-electron chi connectivity index (χ0n) is 15.3. The van der Waals surface area contributed by atoms with Crippen LogP contribution in [-0.2, 0) is 6.42 Å². The Balaban J connectivity index is 1.72. The van der Waals surface area contributed by atoms with E-state index in [4.69, 9.17) is 5.10 Å².